The first-order valence-corrected chi connectivity index (χ1v) is 13.2. The van der Waals surface area contributed by atoms with Crippen molar-refractivity contribution in [3.8, 4) is 16.9 Å². The Morgan fingerprint density at radius 1 is 0.590 bits per heavy atom. The van der Waals surface area contributed by atoms with Crippen molar-refractivity contribution in [3.05, 3.63) is 128 Å². The van der Waals surface area contributed by atoms with Crippen LogP contribution in [-0.4, -0.2) is 18.9 Å². The van der Waals surface area contributed by atoms with Gasteiger partial charge in [-0.1, -0.05) is 78.9 Å². The number of para-hydroxylation sites is 2. The Balaban J connectivity index is 1.39. The molecule has 4 heterocycles. The van der Waals surface area contributed by atoms with Crippen LogP contribution in [0, 0.1) is 0 Å². The fraction of sp³-hybridized carbons (Fsp3) is 0. The first kappa shape index (κ1) is 20.7. The maximum Gasteiger partial charge on any atom is 0.137 e. The summed E-state index contributed by atoms with van der Waals surface area (Å²) in [6, 6.07) is 41.1. The van der Waals surface area contributed by atoms with E-state index in [0.717, 1.165) is 22.6 Å². The van der Waals surface area contributed by atoms with Gasteiger partial charge in [-0.3, -0.25) is 0 Å². The van der Waals surface area contributed by atoms with E-state index in [2.05, 4.69) is 117 Å². The average Bonchev–Trinajstić information content (AvgIpc) is 3.69. The zero-order valence-corrected chi connectivity index (χ0v) is 21.0. The SMILES string of the molecule is c1ccc2c(c1)[nH]c1c3ccccc3c3c(c4ccccc4n3-c3ccc(-c4cn5ccccc5n4)cc3)c21. The number of pyridine rings is 1. The number of nitrogens with one attached hydrogen (secondary N) is 1. The molecule has 0 spiro atoms. The largest absolute Gasteiger partial charge is 0.354 e. The minimum Gasteiger partial charge on any atom is -0.354 e. The Morgan fingerprint density at radius 2 is 1.31 bits per heavy atom. The van der Waals surface area contributed by atoms with Crippen molar-refractivity contribution >= 4 is 60.0 Å². The molecule has 0 saturated heterocycles. The van der Waals surface area contributed by atoms with Crippen molar-refractivity contribution in [1.82, 2.24) is 18.9 Å². The number of H-pyrrole nitrogens is 1. The van der Waals surface area contributed by atoms with Crippen LogP contribution < -0.4 is 0 Å². The highest BCUT2D eigenvalue weighted by Crippen LogP contribution is 2.44. The number of nitrogens with zero attached hydrogens (tertiary/aromatic N) is 3. The second-order valence-corrected chi connectivity index (χ2v) is 10.2. The summed E-state index contributed by atoms with van der Waals surface area (Å²) in [5.74, 6) is 0. The van der Waals surface area contributed by atoms with E-state index in [1.54, 1.807) is 0 Å². The van der Waals surface area contributed by atoms with Crippen LogP contribution in [0.4, 0.5) is 0 Å². The van der Waals surface area contributed by atoms with Crippen LogP contribution in [0.1, 0.15) is 0 Å². The van der Waals surface area contributed by atoms with Crippen molar-refractivity contribution in [1.29, 1.82) is 0 Å². The zero-order valence-electron chi connectivity index (χ0n) is 21.0. The van der Waals surface area contributed by atoms with Crippen molar-refractivity contribution < 1.29 is 0 Å². The number of benzene rings is 5. The molecule has 0 radical (unpaired) electrons. The summed E-state index contributed by atoms with van der Waals surface area (Å²) in [7, 11) is 0. The van der Waals surface area contributed by atoms with Crippen molar-refractivity contribution in [2.75, 3.05) is 0 Å². The fourth-order valence-electron chi connectivity index (χ4n) is 6.38. The first-order chi connectivity index (χ1) is 19.3. The molecule has 1 N–H and O–H groups in total. The number of hydrogen-bond acceptors (Lipinski definition) is 1. The molecule has 39 heavy (non-hydrogen) atoms. The molecule has 0 fully saturated rings. The second-order valence-electron chi connectivity index (χ2n) is 10.2. The van der Waals surface area contributed by atoms with E-state index in [0.29, 0.717) is 0 Å². The molecule has 4 aromatic heterocycles. The molecular weight excluding hydrogens is 476 g/mol. The highest BCUT2D eigenvalue weighted by Gasteiger charge is 2.21. The zero-order chi connectivity index (χ0) is 25.5. The Morgan fingerprint density at radius 3 is 2.15 bits per heavy atom. The van der Waals surface area contributed by atoms with Crippen LogP contribution in [0.25, 0.3) is 77.0 Å². The van der Waals surface area contributed by atoms with E-state index in [9.17, 15) is 0 Å². The minimum atomic E-state index is 0.952. The lowest BCUT2D eigenvalue weighted by atomic mass is 9.99. The van der Waals surface area contributed by atoms with Crippen molar-refractivity contribution in [2.45, 2.75) is 0 Å². The summed E-state index contributed by atoms with van der Waals surface area (Å²) in [6.45, 7) is 0. The molecule has 0 aliphatic rings. The molecule has 0 saturated carbocycles. The molecule has 5 aromatic carbocycles. The number of fused-ring (bicyclic) bond motifs is 11. The predicted octanol–water partition coefficient (Wildman–Crippen LogP) is 8.89. The van der Waals surface area contributed by atoms with Crippen LogP contribution in [0.2, 0.25) is 0 Å². The topological polar surface area (TPSA) is 38.0 Å². The molecular formula is C35H22N4. The summed E-state index contributed by atoms with van der Waals surface area (Å²) in [5, 5.41) is 7.58. The third-order valence-corrected chi connectivity index (χ3v) is 8.07. The van der Waals surface area contributed by atoms with E-state index in [1.807, 2.05) is 24.4 Å². The summed E-state index contributed by atoms with van der Waals surface area (Å²) in [6.07, 6.45) is 4.13. The van der Waals surface area contributed by atoms with Crippen LogP contribution >= 0.6 is 0 Å². The van der Waals surface area contributed by atoms with E-state index in [-0.39, 0.29) is 0 Å². The molecule has 9 rings (SSSR count). The molecule has 0 amide bonds. The summed E-state index contributed by atoms with van der Waals surface area (Å²) < 4.78 is 4.50. The highest BCUT2D eigenvalue weighted by molar-refractivity contribution is 6.36. The Bertz CT molecular complexity index is 2350. The van der Waals surface area contributed by atoms with Gasteiger partial charge in [0.25, 0.3) is 0 Å². The van der Waals surface area contributed by atoms with Gasteiger partial charge in [0.15, 0.2) is 0 Å². The minimum absolute atomic E-state index is 0.952. The van der Waals surface area contributed by atoms with Gasteiger partial charge >= 0.3 is 0 Å². The maximum absolute atomic E-state index is 4.83. The van der Waals surface area contributed by atoms with Gasteiger partial charge in [-0.05, 0) is 36.4 Å². The highest BCUT2D eigenvalue weighted by atomic mass is 15.0. The van der Waals surface area contributed by atoms with E-state index < -0.39 is 0 Å². The first-order valence-electron chi connectivity index (χ1n) is 13.2. The number of aromatic amines is 1. The molecule has 0 atom stereocenters. The van der Waals surface area contributed by atoms with Gasteiger partial charge in [0.05, 0.1) is 22.2 Å². The normalized spacial score (nSPS) is 12.1. The lowest BCUT2D eigenvalue weighted by Gasteiger charge is -2.11. The Hall–Kier alpha value is -5.35. The standard InChI is InChI=1S/C35H22N4/c1-2-10-25-24(9-1)34-32(26-11-3-5-13-28(26)37-34)33-27-12-4-6-14-30(27)39(35(25)33)23-18-16-22(17-19-23)29-21-38-20-8-7-15-31(38)36-29/h1-21,37H. The average molecular weight is 499 g/mol. The van der Waals surface area contributed by atoms with Crippen LogP contribution in [0.3, 0.4) is 0 Å². The van der Waals surface area contributed by atoms with E-state index >= 15 is 0 Å². The van der Waals surface area contributed by atoms with Gasteiger partial charge in [0, 0.05) is 61.5 Å². The molecule has 0 aliphatic heterocycles. The lowest BCUT2D eigenvalue weighted by molar-refractivity contribution is 1.18. The van der Waals surface area contributed by atoms with Crippen LogP contribution in [0.5, 0.6) is 0 Å². The summed E-state index contributed by atoms with van der Waals surface area (Å²) in [4.78, 5) is 8.57. The van der Waals surface area contributed by atoms with Gasteiger partial charge < -0.3 is 14.0 Å². The number of aromatic nitrogens is 4. The maximum atomic E-state index is 4.83. The number of imidazole rings is 1. The van der Waals surface area contributed by atoms with E-state index in [1.165, 1.54) is 54.4 Å². The molecule has 0 aliphatic carbocycles. The van der Waals surface area contributed by atoms with Gasteiger partial charge in [0.2, 0.25) is 0 Å². The second kappa shape index (κ2) is 7.59. The molecule has 0 bridgehead atoms. The van der Waals surface area contributed by atoms with Crippen molar-refractivity contribution in [2.24, 2.45) is 0 Å². The molecule has 9 aromatic rings. The summed E-state index contributed by atoms with van der Waals surface area (Å²) in [5.41, 5.74) is 8.97. The fourth-order valence-corrected chi connectivity index (χ4v) is 6.38. The Kier molecular flexibility index (Phi) is 4.02. The Labute approximate surface area is 223 Å². The predicted molar refractivity (Wildman–Crippen MR) is 162 cm³/mol. The third kappa shape index (κ3) is 2.80. The summed E-state index contributed by atoms with van der Waals surface area (Å²) >= 11 is 0. The van der Waals surface area contributed by atoms with Crippen molar-refractivity contribution in [3.63, 3.8) is 0 Å². The van der Waals surface area contributed by atoms with Gasteiger partial charge in [0.1, 0.15) is 5.65 Å². The van der Waals surface area contributed by atoms with Gasteiger partial charge in [-0.25, -0.2) is 4.98 Å². The number of rotatable bonds is 2. The third-order valence-electron chi connectivity index (χ3n) is 8.07. The molecule has 4 nitrogen and oxygen atoms in total. The van der Waals surface area contributed by atoms with Gasteiger partial charge in [-0.2, -0.15) is 0 Å². The van der Waals surface area contributed by atoms with Crippen LogP contribution in [-0.2, 0) is 0 Å². The quantitative estimate of drug-likeness (QED) is 0.254. The van der Waals surface area contributed by atoms with Crippen LogP contribution in [0.15, 0.2) is 128 Å². The molecule has 0 unspecified atom stereocenters. The smallest absolute Gasteiger partial charge is 0.137 e. The van der Waals surface area contributed by atoms with E-state index in [4.69, 9.17) is 4.98 Å². The molecule has 182 valence electrons. The monoisotopic (exact) mass is 498 g/mol. The lowest BCUT2D eigenvalue weighted by Crippen LogP contribution is -1.95. The number of hydrogen-bond donors (Lipinski definition) is 1. The van der Waals surface area contributed by atoms with Gasteiger partial charge in [-0.15, -0.1) is 0 Å². The molecule has 4 heteroatoms.